The van der Waals surface area contributed by atoms with E-state index in [-0.39, 0.29) is 40.1 Å². The summed E-state index contributed by atoms with van der Waals surface area (Å²) in [6.45, 7) is 1.49. The first-order valence-electron chi connectivity index (χ1n) is 9.43. The van der Waals surface area contributed by atoms with Crippen LogP contribution in [0.1, 0.15) is 11.1 Å². The summed E-state index contributed by atoms with van der Waals surface area (Å²) >= 11 is 6.43. The maximum absolute atomic E-state index is 14.3. The van der Waals surface area contributed by atoms with Gasteiger partial charge in [0, 0.05) is 18.3 Å². The lowest BCUT2D eigenvalue weighted by molar-refractivity contribution is 0.270. The molecule has 2 heterocycles. The molecule has 7 nitrogen and oxygen atoms in total. The number of benzene rings is 2. The largest absolute Gasteiger partial charge is 0.496 e. The topological polar surface area (TPSA) is 78.4 Å². The Morgan fingerprint density at radius 2 is 1.84 bits per heavy atom. The van der Waals surface area contributed by atoms with Crippen LogP contribution in [0.25, 0.3) is 16.9 Å². The van der Waals surface area contributed by atoms with Crippen molar-refractivity contribution in [2.24, 2.45) is 0 Å². The minimum absolute atomic E-state index is 0.104. The lowest BCUT2D eigenvalue weighted by Crippen LogP contribution is -2.15. The Hall–Kier alpha value is -3.59. The number of pyridine rings is 1. The first-order chi connectivity index (χ1) is 15.3. The second-order valence-electron chi connectivity index (χ2n) is 6.88. The van der Waals surface area contributed by atoms with Crippen LogP contribution in [0, 0.1) is 18.6 Å². The summed E-state index contributed by atoms with van der Waals surface area (Å²) in [5, 5.41) is 0.204. The summed E-state index contributed by atoms with van der Waals surface area (Å²) in [4.78, 5) is 19.7. The van der Waals surface area contributed by atoms with Gasteiger partial charge in [0.1, 0.15) is 12.4 Å². The lowest BCUT2D eigenvalue weighted by atomic mass is 10.2. The van der Waals surface area contributed by atoms with Gasteiger partial charge in [0.15, 0.2) is 28.8 Å². The van der Waals surface area contributed by atoms with E-state index in [2.05, 4.69) is 9.97 Å². The zero-order valence-electron chi connectivity index (χ0n) is 17.3. The minimum Gasteiger partial charge on any atom is -0.496 e. The molecule has 10 heteroatoms. The first kappa shape index (κ1) is 21.6. The summed E-state index contributed by atoms with van der Waals surface area (Å²) in [6.07, 6.45) is 1.58. The van der Waals surface area contributed by atoms with E-state index in [1.54, 1.807) is 12.3 Å². The molecule has 0 aliphatic heterocycles. The Morgan fingerprint density at radius 3 is 2.56 bits per heavy atom. The molecule has 4 rings (SSSR count). The molecular weight excluding hydrogens is 444 g/mol. The quantitative estimate of drug-likeness (QED) is 0.456. The fraction of sp³-hybridized carbons (Fsp3) is 0.182. The van der Waals surface area contributed by atoms with E-state index >= 15 is 0 Å². The van der Waals surface area contributed by atoms with E-state index in [0.29, 0.717) is 11.2 Å². The zero-order valence-corrected chi connectivity index (χ0v) is 18.1. The van der Waals surface area contributed by atoms with Gasteiger partial charge in [0.25, 0.3) is 0 Å². The molecule has 4 aromatic rings. The maximum Gasteiger partial charge on any atom is 0.332 e. The molecule has 0 aliphatic rings. The first-order valence-corrected chi connectivity index (χ1v) is 9.81. The van der Waals surface area contributed by atoms with Crippen LogP contribution < -0.4 is 19.9 Å². The molecule has 0 atom stereocenters. The summed E-state index contributed by atoms with van der Waals surface area (Å²) in [5.74, 6) is -1.58. The molecule has 0 fully saturated rings. The van der Waals surface area contributed by atoms with E-state index in [1.165, 1.54) is 37.0 Å². The van der Waals surface area contributed by atoms with Crippen molar-refractivity contribution in [3.05, 3.63) is 74.8 Å². The van der Waals surface area contributed by atoms with Gasteiger partial charge in [-0.25, -0.2) is 23.1 Å². The third-order valence-corrected chi connectivity index (χ3v) is 5.31. The van der Waals surface area contributed by atoms with Gasteiger partial charge < -0.3 is 19.2 Å². The molecule has 0 radical (unpaired) electrons. The fourth-order valence-electron chi connectivity index (χ4n) is 3.37. The molecule has 0 unspecified atom stereocenters. The Labute approximate surface area is 186 Å². The van der Waals surface area contributed by atoms with E-state index in [4.69, 9.17) is 25.8 Å². The van der Waals surface area contributed by atoms with Crippen molar-refractivity contribution in [2.45, 2.75) is 13.5 Å². The second kappa shape index (κ2) is 8.51. The average Bonchev–Trinajstić information content (AvgIpc) is 3.12. The lowest BCUT2D eigenvalue weighted by Gasteiger charge is -2.16. The van der Waals surface area contributed by atoms with Crippen molar-refractivity contribution in [1.82, 2.24) is 14.5 Å². The van der Waals surface area contributed by atoms with Gasteiger partial charge in [-0.1, -0.05) is 11.6 Å². The maximum atomic E-state index is 14.3. The molecular formula is C22H18ClF2N3O4. The molecule has 0 saturated carbocycles. The van der Waals surface area contributed by atoms with Gasteiger partial charge in [0.2, 0.25) is 0 Å². The van der Waals surface area contributed by atoms with E-state index in [1.807, 2.05) is 6.92 Å². The number of fused-ring (bicyclic) bond motifs is 1. The SMILES string of the molecule is COc1cc(Cl)c(-n2c(=O)[nH]c3c(C)ccnc32)cc1OCc1c(OC)ccc(F)c1F. The number of H-pyrrole nitrogens is 1. The third kappa shape index (κ3) is 3.64. The van der Waals surface area contributed by atoms with Crippen LogP contribution in [0.3, 0.4) is 0 Å². The van der Waals surface area contributed by atoms with Crippen molar-refractivity contribution in [3.8, 4) is 22.9 Å². The predicted molar refractivity (Wildman–Crippen MR) is 115 cm³/mol. The highest BCUT2D eigenvalue weighted by molar-refractivity contribution is 6.32. The normalized spacial score (nSPS) is 11.1. The molecule has 0 saturated heterocycles. The predicted octanol–water partition coefficient (Wildman–Crippen LogP) is 4.55. The number of aromatic amines is 1. The number of hydrogen-bond acceptors (Lipinski definition) is 5. The van der Waals surface area contributed by atoms with Crippen LogP contribution >= 0.6 is 11.6 Å². The number of methoxy groups -OCH3 is 2. The number of nitrogens with zero attached hydrogens (tertiary/aromatic N) is 2. The molecule has 0 bridgehead atoms. The van der Waals surface area contributed by atoms with Crippen molar-refractivity contribution in [3.63, 3.8) is 0 Å². The van der Waals surface area contributed by atoms with Gasteiger partial charge >= 0.3 is 5.69 Å². The van der Waals surface area contributed by atoms with Gasteiger partial charge in [-0.05, 0) is 30.7 Å². The highest BCUT2D eigenvalue weighted by Gasteiger charge is 2.20. The summed E-state index contributed by atoms with van der Waals surface area (Å²) in [6, 6.07) is 6.99. The molecule has 1 N–H and O–H groups in total. The minimum atomic E-state index is -1.08. The highest BCUT2D eigenvalue weighted by Crippen LogP contribution is 2.37. The number of rotatable bonds is 6. The third-order valence-electron chi connectivity index (χ3n) is 5.01. The number of nitrogens with one attached hydrogen (secondary N) is 1. The van der Waals surface area contributed by atoms with E-state index in [9.17, 15) is 13.6 Å². The molecule has 0 spiro atoms. The smallest absolute Gasteiger partial charge is 0.332 e. The molecule has 0 amide bonds. The highest BCUT2D eigenvalue weighted by atomic mass is 35.5. The van der Waals surface area contributed by atoms with Crippen LogP contribution in [0.5, 0.6) is 17.2 Å². The van der Waals surface area contributed by atoms with Crippen LogP contribution in [-0.4, -0.2) is 28.8 Å². The Balaban J connectivity index is 1.81. The number of halogens is 3. The monoisotopic (exact) mass is 461 g/mol. The Bertz CT molecular complexity index is 1380. The van der Waals surface area contributed by atoms with E-state index < -0.39 is 17.3 Å². The van der Waals surface area contributed by atoms with E-state index in [0.717, 1.165) is 11.6 Å². The van der Waals surface area contributed by atoms with Gasteiger partial charge in [0.05, 0.1) is 36.0 Å². The Kier molecular flexibility index (Phi) is 5.75. The number of hydrogen-bond donors (Lipinski definition) is 1. The van der Waals surface area contributed by atoms with Crippen LogP contribution in [0.2, 0.25) is 5.02 Å². The number of aromatic nitrogens is 3. The van der Waals surface area contributed by atoms with Gasteiger partial charge in [-0.3, -0.25) is 0 Å². The van der Waals surface area contributed by atoms with Gasteiger partial charge in [-0.2, -0.15) is 0 Å². The molecule has 166 valence electrons. The van der Waals surface area contributed by atoms with Crippen molar-refractivity contribution >= 4 is 22.8 Å². The average molecular weight is 462 g/mol. The standard InChI is InChI=1S/C22H18ClF2N3O4/c1-11-6-7-26-21-20(11)27-22(29)28(21)15-9-18(17(31-3)8-13(15)23)32-10-12-16(30-2)5-4-14(24)19(12)25/h4-9H,10H2,1-3H3,(H,27,29). The van der Waals surface area contributed by atoms with Crippen LogP contribution in [0.15, 0.2) is 41.3 Å². The molecule has 32 heavy (non-hydrogen) atoms. The molecule has 2 aromatic heterocycles. The van der Waals surface area contributed by atoms with Crippen molar-refractivity contribution < 1.29 is 23.0 Å². The summed E-state index contributed by atoms with van der Waals surface area (Å²) in [7, 11) is 2.75. The molecule has 0 aliphatic carbocycles. The number of ether oxygens (including phenoxy) is 3. The van der Waals surface area contributed by atoms with Gasteiger partial charge in [-0.15, -0.1) is 0 Å². The Morgan fingerprint density at radius 1 is 1.09 bits per heavy atom. The zero-order chi connectivity index (χ0) is 23.0. The number of imidazole rings is 1. The van der Waals surface area contributed by atoms with Crippen LogP contribution in [0.4, 0.5) is 8.78 Å². The second-order valence-corrected chi connectivity index (χ2v) is 7.28. The van der Waals surface area contributed by atoms with Crippen LogP contribution in [-0.2, 0) is 6.61 Å². The summed E-state index contributed by atoms with van der Waals surface area (Å²) in [5.41, 5.74) is 1.51. The number of aryl methyl sites for hydroxylation is 1. The summed E-state index contributed by atoms with van der Waals surface area (Å²) < 4.78 is 45.5. The van der Waals surface area contributed by atoms with Crippen molar-refractivity contribution in [1.29, 1.82) is 0 Å². The molecule has 2 aromatic carbocycles. The fourth-order valence-corrected chi connectivity index (χ4v) is 3.61. The van der Waals surface area contributed by atoms with Crippen molar-refractivity contribution in [2.75, 3.05) is 14.2 Å².